The number of hydrogen-bond acceptors (Lipinski definition) is 9. The van der Waals surface area contributed by atoms with Gasteiger partial charge in [-0.15, -0.1) is 0 Å². The highest BCUT2D eigenvalue weighted by Gasteiger charge is 2.38. The molecule has 1 saturated heterocycles. The van der Waals surface area contributed by atoms with E-state index in [2.05, 4.69) is 9.36 Å². The first-order valence-corrected chi connectivity index (χ1v) is 16.8. The van der Waals surface area contributed by atoms with Crippen LogP contribution in [0.4, 0.5) is 36.3 Å². The second-order valence-corrected chi connectivity index (χ2v) is 13.6. The maximum atomic E-state index is 15.6. The Kier molecular flexibility index (Phi) is 10.7. The van der Waals surface area contributed by atoms with Gasteiger partial charge in [0, 0.05) is 54.3 Å². The molecule has 268 valence electrons. The lowest BCUT2D eigenvalue weighted by Gasteiger charge is -2.37. The number of hydrogen-bond donors (Lipinski definition) is 1. The van der Waals surface area contributed by atoms with Gasteiger partial charge in [0.2, 0.25) is 5.13 Å². The largest absolute Gasteiger partial charge is 0.497 e. The van der Waals surface area contributed by atoms with Crippen molar-refractivity contribution in [1.82, 2.24) is 14.3 Å². The highest BCUT2D eigenvalue weighted by Crippen LogP contribution is 2.39. The van der Waals surface area contributed by atoms with Crippen molar-refractivity contribution < 1.29 is 58.9 Å². The molecule has 0 radical (unpaired) electrons. The molecule has 1 aliphatic heterocycles. The van der Waals surface area contributed by atoms with Crippen molar-refractivity contribution in [2.45, 2.75) is 30.0 Å². The molecule has 5 rings (SSSR count). The number of piperidine rings is 1. The summed E-state index contributed by atoms with van der Waals surface area (Å²) in [6, 6.07) is 7.92. The number of methoxy groups -OCH3 is 2. The van der Waals surface area contributed by atoms with E-state index in [-0.39, 0.29) is 36.0 Å². The number of benzene rings is 3. The molecule has 2 heterocycles. The standard InChI is InChI=1S/C31H28F6N4O7S2/c1-46-20-5-3-18(26(10-20)47-2)14-41(29-38-16-39-49-29)50(44,45)28-12-24(33)27(11-25(28)34)48-15-19-13-40(30(42)43)8-7-21(19)17-4-6-23(32)22(9-17)31(35,36)37/h3-6,9-12,16,19,21H,7-8,13-15H2,1-2H3,(H,42,43). The first-order chi connectivity index (χ1) is 23.6. The van der Waals surface area contributed by atoms with E-state index in [4.69, 9.17) is 14.2 Å². The van der Waals surface area contributed by atoms with Crippen LogP contribution in [0.25, 0.3) is 0 Å². The van der Waals surface area contributed by atoms with Crippen molar-refractivity contribution in [2.24, 2.45) is 5.92 Å². The fourth-order valence-corrected chi connectivity index (χ4v) is 7.80. The predicted molar refractivity (Wildman–Crippen MR) is 167 cm³/mol. The van der Waals surface area contributed by atoms with Gasteiger partial charge in [0.25, 0.3) is 10.0 Å². The molecule has 1 N–H and O–H groups in total. The third-order valence-electron chi connectivity index (χ3n) is 8.11. The molecular weight excluding hydrogens is 718 g/mol. The quantitative estimate of drug-likeness (QED) is 0.170. The molecular formula is C31H28F6N4O7S2. The first kappa shape index (κ1) is 36.5. The Morgan fingerprint density at radius 1 is 1.02 bits per heavy atom. The number of nitrogens with zero attached hydrogens (tertiary/aromatic N) is 4. The number of aromatic nitrogens is 2. The number of amides is 1. The van der Waals surface area contributed by atoms with Crippen LogP contribution in [0.2, 0.25) is 0 Å². The molecule has 3 aromatic carbocycles. The zero-order chi connectivity index (χ0) is 36.4. The number of likely N-dealkylation sites (tertiary alicyclic amines) is 1. The number of sulfonamides is 1. The molecule has 0 aliphatic carbocycles. The number of alkyl halides is 3. The summed E-state index contributed by atoms with van der Waals surface area (Å²) in [5, 5.41) is 9.36. The van der Waals surface area contributed by atoms with Gasteiger partial charge < -0.3 is 24.2 Å². The van der Waals surface area contributed by atoms with Gasteiger partial charge in [-0.3, -0.25) is 0 Å². The van der Waals surface area contributed by atoms with Crippen LogP contribution in [0.3, 0.4) is 0 Å². The Bertz CT molecular complexity index is 1970. The predicted octanol–water partition coefficient (Wildman–Crippen LogP) is 6.55. The second kappa shape index (κ2) is 14.6. The molecule has 2 atom stereocenters. The Labute approximate surface area is 285 Å². The fourth-order valence-electron chi connectivity index (χ4n) is 5.61. The fraction of sp³-hybridized carbons (Fsp3) is 0.323. The molecule has 1 amide bonds. The lowest BCUT2D eigenvalue weighted by Crippen LogP contribution is -2.44. The molecule has 1 fully saturated rings. The van der Waals surface area contributed by atoms with E-state index in [1.54, 1.807) is 6.07 Å². The van der Waals surface area contributed by atoms with Gasteiger partial charge in [0.05, 0.1) is 32.9 Å². The summed E-state index contributed by atoms with van der Waals surface area (Å²) in [6.45, 7) is -1.24. The summed E-state index contributed by atoms with van der Waals surface area (Å²) in [6.07, 6.45) is -5.20. The molecule has 0 spiro atoms. The monoisotopic (exact) mass is 746 g/mol. The van der Waals surface area contributed by atoms with Gasteiger partial charge in [-0.05, 0) is 42.2 Å². The number of carboxylic acid groups (broad SMARTS) is 1. The summed E-state index contributed by atoms with van der Waals surface area (Å²) >= 11 is 0.684. The molecule has 4 aromatic rings. The summed E-state index contributed by atoms with van der Waals surface area (Å²) in [5.41, 5.74) is -1.13. The van der Waals surface area contributed by atoms with Gasteiger partial charge in [0.1, 0.15) is 34.4 Å². The van der Waals surface area contributed by atoms with E-state index in [1.807, 2.05) is 0 Å². The summed E-state index contributed by atoms with van der Waals surface area (Å²) in [4.78, 5) is 15.6. The average Bonchev–Trinajstić information content (AvgIpc) is 3.61. The SMILES string of the molecule is COc1ccc(CN(c2ncns2)S(=O)(=O)c2cc(F)c(OCC3CN(C(=O)O)CCC3c3ccc(F)c(C(F)(F)F)c3)cc2F)c(OC)c1. The van der Waals surface area contributed by atoms with Crippen LogP contribution in [0.1, 0.15) is 29.0 Å². The molecule has 1 aliphatic rings. The Balaban J connectivity index is 1.43. The van der Waals surface area contributed by atoms with Crippen LogP contribution in [-0.4, -0.2) is 67.8 Å². The van der Waals surface area contributed by atoms with Crippen molar-refractivity contribution in [2.75, 3.05) is 38.2 Å². The minimum atomic E-state index is -5.00. The van der Waals surface area contributed by atoms with Gasteiger partial charge in [-0.2, -0.15) is 17.5 Å². The molecule has 0 saturated carbocycles. The lowest BCUT2D eigenvalue weighted by atomic mass is 9.80. The summed E-state index contributed by atoms with van der Waals surface area (Å²) in [5.74, 6) is -5.94. The third kappa shape index (κ3) is 7.67. The van der Waals surface area contributed by atoms with Crippen LogP contribution in [0.15, 0.2) is 59.8 Å². The van der Waals surface area contributed by atoms with E-state index >= 15 is 8.78 Å². The molecule has 11 nitrogen and oxygen atoms in total. The molecule has 0 bridgehead atoms. The first-order valence-electron chi connectivity index (χ1n) is 14.6. The maximum Gasteiger partial charge on any atom is 0.419 e. The summed E-state index contributed by atoms with van der Waals surface area (Å²) < 4.78 is 134. The Hall–Kier alpha value is -4.78. The van der Waals surface area contributed by atoms with Crippen LogP contribution in [0, 0.1) is 23.4 Å². The minimum absolute atomic E-state index is 0.0255. The average molecular weight is 747 g/mol. The van der Waals surface area contributed by atoms with Gasteiger partial charge in [-0.1, -0.05) is 6.07 Å². The van der Waals surface area contributed by atoms with E-state index in [0.29, 0.717) is 47.1 Å². The number of halogens is 6. The summed E-state index contributed by atoms with van der Waals surface area (Å²) in [7, 11) is -2.08. The zero-order valence-corrected chi connectivity index (χ0v) is 27.8. The number of anilines is 1. The highest BCUT2D eigenvalue weighted by atomic mass is 32.2. The van der Waals surface area contributed by atoms with Crippen LogP contribution < -0.4 is 18.5 Å². The van der Waals surface area contributed by atoms with Gasteiger partial charge >= 0.3 is 12.3 Å². The third-order valence-corrected chi connectivity index (χ3v) is 10.7. The Morgan fingerprint density at radius 2 is 1.78 bits per heavy atom. The van der Waals surface area contributed by atoms with E-state index in [1.165, 1.54) is 26.4 Å². The topological polar surface area (TPSA) is 131 Å². The van der Waals surface area contributed by atoms with E-state index in [9.17, 15) is 35.9 Å². The van der Waals surface area contributed by atoms with Crippen LogP contribution in [0.5, 0.6) is 17.2 Å². The van der Waals surface area contributed by atoms with E-state index in [0.717, 1.165) is 21.6 Å². The van der Waals surface area contributed by atoms with Crippen molar-refractivity contribution in [3.8, 4) is 17.2 Å². The molecule has 50 heavy (non-hydrogen) atoms. The second-order valence-electron chi connectivity index (χ2n) is 11.1. The highest BCUT2D eigenvalue weighted by molar-refractivity contribution is 7.93. The minimum Gasteiger partial charge on any atom is -0.497 e. The molecule has 1 aromatic heterocycles. The maximum absolute atomic E-state index is 15.6. The van der Waals surface area contributed by atoms with Crippen LogP contribution in [-0.2, 0) is 22.7 Å². The molecule has 19 heteroatoms. The van der Waals surface area contributed by atoms with Crippen molar-refractivity contribution in [3.05, 3.63) is 89.0 Å². The number of ether oxygens (including phenoxy) is 3. The van der Waals surface area contributed by atoms with Crippen molar-refractivity contribution >= 4 is 32.8 Å². The van der Waals surface area contributed by atoms with E-state index < -0.39 is 80.9 Å². The van der Waals surface area contributed by atoms with Gasteiger partial charge in [-0.25, -0.2) is 35.7 Å². The number of rotatable bonds is 11. The number of carbonyl (C=O) groups is 1. The smallest absolute Gasteiger partial charge is 0.419 e. The zero-order valence-electron chi connectivity index (χ0n) is 26.2. The van der Waals surface area contributed by atoms with Gasteiger partial charge in [0.15, 0.2) is 11.6 Å². The van der Waals surface area contributed by atoms with Crippen molar-refractivity contribution in [1.29, 1.82) is 0 Å². The molecule has 2 unspecified atom stereocenters. The Morgan fingerprint density at radius 3 is 2.42 bits per heavy atom. The van der Waals surface area contributed by atoms with Crippen LogP contribution >= 0.6 is 11.5 Å². The normalized spacial score (nSPS) is 16.6. The lowest BCUT2D eigenvalue weighted by molar-refractivity contribution is -0.140. The van der Waals surface area contributed by atoms with Crippen molar-refractivity contribution in [3.63, 3.8) is 0 Å².